The first-order chi connectivity index (χ1) is 4.35. The maximum Gasteiger partial charge on any atom is 0.124 e. The van der Waals surface area contributed by atoms with E-state index in [1.54, 1.807) is 6.92 Å². The Morgan fingerprint density at radius 1 is 1.67 bits per heavy atom. The van der Waals surface area contributed by atoms with E-state index in [4.69, 9.17) is 0 Å². The van der Waals surface area contributed by atoms with Gasteiger partial charge in [-0.25, -0.2) is 0 Å². The summed E-state index contributed by atoms with van der Waals surface area (Å²) in [6.45, 7) is 3.79. The van der Waals surface area contributed by atoms with Crippen molar-refractivity contribution >= 4 is 6.29 Å². The van der Waals surface area contributed by atoms with Crippen molar-refractivity contribution in [1.29, 1.82) is 0 Å². The van der Waals surface area contributed by atoms with Crippen LogP contribution in [0.2, 0.25) is 0 Å². The Morgan fingerprint density at radius 3 is 2.67 bits per heavy atom. The molecule has 1 nitrogen and oxygen atoms in total. The molecule has 0 aromatic rings. The van der Waals surface area contributed by atoms with E-state index >= 15 is 0 Å². The summed E-state index contributed by atoms with van der Waals surface area (Å²) in [5.41, 5.74) is 0. The van der Waals surface area contributed by atoms with Gasteiger partial charge in [0.15, 0.2) is 0 Å². The van der Waals surface area contributed by atoms with Crippen LogP contribution >= 0.6 is 0 Å². The summed E-state index contributed by atoms with van der Waals surface area (Å²) in [7, 11) is 0. The van der Waals surface area contributed by atoms with Gasteiger partial charge in [-0.3, -0.25) is 0 Å². The second-order valence-electron chi connectivity index (χ2n) is 1.94. The number of hydrogen-bond donors (Lipinski definition) is 0. The Kier molecular flexibility index (Phi) is 4.91. The highest BCUT2D eigenvalue weighted by atomic mass is 16.1. The minimum atomic E-state index is 0.150. The van der Waals surface area contributed by atoms with E-state index in [1.165, 1.54) is 0 Å². The monoisotopic (exact) mass is 124 g/mol. The predicted molar refractivity (Wildman–Crippen MR) is 37.9 cm³/mol. The smallest absolute Gasteiger partial charge is 0.124 e. The van der Waals surface area contributed by atoms with Crippen molar-refractivity contribution in [2.24, 2.45) is 5.92 Å². The van der Waals surface area contributed by atoms with Crippen molar-refractivity contribution in [2.75, 3.05) is 0 Å². The quantitative estimate of drug-likeness (QED) is 0.413. The second kappa shape index (κ2) is 5.37. The predicted octanol–water partition coefficient (Wildman–Crippen LogP) is 1.62. The molecule has 0 radical (unpaired) electrons. The van der Waals surface area contributed by atoms with Gasteiger partial charge in [0.2, 0.25) is 0 Å². The highest BCUT2D eigenvalue weighted by molar-refractivity contribution is 5.53. The molecule has 0 bridgehead atoms. The van der Waals surface area contributed by atoms with Gasteiger partial charge in [-0.05, 0) is 13.3 Å². The van der Waals surface area contributed by atoms with Crippen molar-refractivity contribution in [3.63, 3.8) is 0 Å². The number of carbonyl (C=O) groups excluding carboxylic acids is 1. The molecule has 0 aliphatic carbocycles. The van der Waals surface area contributed by atoms with E-state index in [2.05, 4.69) is 11.8 Å². The van der Waals surface area contributed by atoms with Gasteiger partial charge in [0.05, 0.1) is 0 Å². The molecule has 0 N–H and O–H groups in total. The number of rotatable bonds is 3. The van der Waals surface area contributed by atoms with Crippen molar-refractivity contribution < 1.29 is 4.79 Å². The zero-order valence-electron chi connectivity index (χ0n) is 5.98. The highest BCUT2D eigenvalue weighted by Crippen LogP contribution is 2.01. The molecule has 0 saturated heterocycles. The molecular formula is C8H12O. The lowest BCUT2D eigenvalue weighted by Crippen LogP contribution is -1.97. The standard InChI is InChI=1S/C8H12O/c1-3-5-6-8(4-2)7-9/h7-8H,4,6H2,1-2H3. The first-order valence-electron chi connectivity index (χ1n) is 3.20. The molecule has 0 aromatic carbocycles. The number of aldehydes is 1. The molecule has 1 atom stereocenters. The maximum atomic E-state index is 10.2. The normalized spacial score (nSPS) is 11.3. The van der Waals surface area contributed by atoms with Crippen LogP contribution in [-0.2, 0) is 4.79 Å². The molecule has 0 spiro atoms. The van der Waals surface area contributed by atoms with Gasteiger partial charge in [-0.1, -0.05) is 6.92 Å². The van der Waals surface area contributed by atoms with Crippen LogP contribution in [0.4, 0.5) is 0 Å². The van der Waals surface area contributed by atoms with Crippen LogP contribution in [-0.4, -0.2) is 6.29 Å². The Morgan fingerprint density at radius 2 is 2.33 bits per heavy atom. The number of hydrogen-bond acceptors (Lipinski definition) is 1. The van der Waals surface area contributed by atoms with Crippen molar-refractivity contribution in [3.8, 4) is 11.8 Å². The van der Waals surface area contributed by atoms with Crippen molar-refractivity contribution in [2.45, 2.75) is 26.7 Å². The Bertz CT molecular complexity index is 127. The third-order valence-corrected chi connectivity index (χ3v) is 1.26. The lowest BCUT2D eigenvalue weighted by atomic mass is 10.1. The van der Waals surface area contributed by atoms with Crippen LogP contribution in [0.3, 0.4) is 0 Å². The topological polar surface area (TPSA) is 17.1 Å². The van der Waals surface area contributed by atoms with E-state index < -0.39 is 0 Å². The van der Waals surface area contributed by atoms with Crippen LogP contribution in [0.1, 0.15) is 26.7 Å². The number of carbonyl (C=O) groups is 1. The van der Waals surface area contributed by atoms with Crippen LogP contribution in [0, 0.1) is 17.8 Å². The van der Waals surface area contributed by atoms with Gasteiger partial charge in [0.1, 0.15) is 6.29 Å². The van der Waals surface area contributed by atoms with E-state index in [-0.39, 0.29) is 5.92 Å². The maximum absolute atomic E-state index is 10.2. The van der Waals surface area contributed by atoms with E-state index in [0.717, 1.165) is 19.1 Å². The average Bonchev–Trinajstić information content (AvgIpc) is 1.91. The Balaban J connectivity index is 3.51. The molecule has 0 rings (SSSR count). The molecule has 1 heteroatoms. The summed E-state index contributed by atoms with van der Waals surface area (Å²) in [6.07, 6.45) is 2.60. The summed E-state index contributed by atoms with van der Waals surface area (Å²) in [4.78, 5) is 10.2. The molecule has 0 aliphatic heterocycles. The third-order valence-electron chi connectivity index (χ3n) is 1.26. The van der Waals surface area contributed by atoms with Gasteiger partial charge >= 0.3 is 0 Å². The zero-order chi connectivity index (χ0) is 7.11. The van der Waals surface area contributed by atoms with Gasteiger partial charge in [-0.15, -0.1) is 11.8 Å². The van der Waals surface area contributed by atoms with E-state index in [0.29, 0.717) is 0 Å². The highest BCUT2D eigenvalue weighted by Gasteiger charge is 1.99. The summed E-state index contributed by atoms with van der Waals surface area (Å²) < 4.78 is 0. The summed E-state index contributed by atoms with van der Waals surface area (Å²) >= 11 is 0. The second-order valence-corrected chi connectivity index (χ2v) is 1.94. The van der Waals surface area contributed by atoms with Crippen LogP contribution in [0.5, 0.6) is 0 Å². The minimum absolute atomic E-state index is 0.150. The zero-order valence-corrected chi connectivity index (χ0v) is 5.98. The fraction of sp³-hybridized carbons (Fsp3) is 0.625. The molecule has 0 saturated carbocycles. The fourth-order valence-electron chi connectivity index (χ4n) is 0.522. The SMILES string of the molecule is CC#CCC(C=O)CC. The molecule has 0 fully saturated rings. The largest absolute Gasteiger partial charge is 0.303 e. The van der Waals surface area contributed by atoms with Gasteiger partial charge in [0.25, 0.3) is 0 Å². The molecule has 0 aliphatic rings. The molecule has 0 amide bonds. The van der Waals surface area contributed by atoms with Gasteiger partial charge < -0.3 is 4.79 Å². The molecule has 0 aromatic heterocycles. The van der Waals surface area contributed by atoms with Crippen molar-refractivity contribution in [1.82, 2.24) is 0 Å². The first kappa shape index (κ1) is 8.23. The van der Waals surface area contributed by atoms with Gasteiger partial charge in [-0.2, -0.15) is 0 Å². The molecule has 0 heterocycles. The average molecular weight is 124 g/mol. The summed E-state index contributed by atoms with van der Waals surface area (Å²) in [5, 5.41) is 0. The molecular weight excluding hydrogens is 112 g/mol. The molecule has 50 valence electrons. The summed E-state index contributed by atoms with van der Waals surface area (Å²) in [5.74, 6) is 5.78. The molecule has 9 heavy (non-hydrogen) atoms. The molecule has 1 unspecified atom stereocenters. The lowest BCUT2D eigenvalue weighted by molar-refractivity contribution is -0.111. The third kappa shape index (κ3) is 3.78. The van der Waals surface area contributed by atoms with Crippen LogP contribution < -0.4 is 0 Å². The first-order valence-corrected chi connectivity index (χ1v) is 3.20. The lowest BCUT2D eigenvalue weighted by Gasteiger charge is -1.97. The Labute approximate surface area is 56.5 Å². The van der Waals surface area contributed by atoms with E-state index in [1.807, 2.05) is 6.92 Å². The van der Waals surface area contributed by atoms with Crippen LogP contribution in [0.15, 0.2) is 0 Å². The van der Waals surface area contributed by atoms with E-state index in [9.17, 15) is 4.79 Å². The van der Waals surface area contributed by atoms with Gasteiger partial charge in [0, 0.05) is 12.3 Å². The fourth-order valence-corrected chi connectivity index (χ4v) is 0.522. The van der Waals surface area contributed by atoms with Crippen LogP contribution in [0.25, 0.3) is 0 Å². The summed E-state index contributed by atoms with van der Waals surface area (Å²) in [6, 6.07) is 0. The Hall–Kier alpha value is -0.770. The van der Waals surface area contributed by atoms with Crippen molar-refractivity contribution in [3.05, 3.63) is 0 Å². The minimum Gasteiger partial charge on any atom is -0.303 e.